The van der Waals surface area contributed by atoms with Gasteiger partial charge in [0.25, 0.3) is 5.92 Å². The van der Waals surface area contributed by atoms with Crippen LogP contribution in [0.1, 0.15) is 53.9 Å². The van der Waals surface area contributed by atoms with E-state index in [0.717, 1.165) is 12.5 Å². The summed E-state index contributed by atoms with van der Waals surface area (Å²) in [5.41, 5.74) is -0.175. The van der Waals surface area contributed by atoms with E-state index >= 15 is 0 Å². The zero-order valence-corrected chi connectivity index (χ0v) is 11.2. The lowest BCUT2D eigenvalue weighted by Crippen LogP contribution is -2.16. The molecule has 0 amide bonds. The molecular weight excluding hydrogens is 210 g/mol. The third-order valence-electron chi connectivity index (χ3n) is 2.25. The lowest BCUT2D eigenvalue weighted by Gasteiger charge is -2.20. The number of halogens is 2. The summed E-state index contributed by atoms with van der Waals surface area (Å²) in [6.45, 7) is 9.38. The van der Waals surface area contributed by atoms with Gasteiger partial charge < -0.3 is 5.11 Å². The van der Waals surface area contributed by atoms with E-state index in [-0.39, 0.29) is 18.4 Å². The quantitative estimate of drug-likeness (QED) is 0.677. The van der Waals surface area contributed by atoms with Crippen LogP contribution < -0.4 is 0 Å². The van der Waals surface area contributed by atoms with Gasteiger partial charge in [0.2, 0.25) is 0 Å². The third-order valence-corrected chi connectivity index (χ3v) is 2.25. The van der Waals surface area contributed by atoms with Crippen LogP contribution in [0.4, 0.5) is 8.78 Å². The Morgan fingerprint density at radius 1 is 1.19 bits per heavy atom. The Kier molecular flexibility index (Phi) is 9.73. The van der Waals surface area contributed by atoms with Crippen molar-refractivity contribution in [2.75, 3.05) is 6.61 Å². The maximum absolute atomic E-state index is 12.7. The predicted octanol–water partition coefficient (Wildman–Crippen LogP) is 4.41. The topological polar surface area (TPSA) is 20.2 Å². The Morgan fingerprint density at radius 3 is 2.06 bits per heavy atom. The molecular formula is C13H26F2O. The first kappa shape index (κ1) is 17.9. The SMILES string of the molecule is CC.CCC(F)(F)/C=C/CCC(C)(C)CO. The van der Waals surface area contributed by atoms with Crippen molar-refractivity contribution in [2.45, 2.75) is 59.8 Å². The van der Waals surface area contributed by atoms with Crippen molar-refractivity contribution in [3.63, 3.8) is 0 Å². The first-order valence-corrected chi connectivity index (χ1v) is 5.99. The molecule has 0 aromatic rings. The van der Waals surface area contributed by atoms with Gasteiger partial charge in [-0.15, -0.1) is 0 Å². The van der Waals surface area contributed by atoms with E-state index < -0.39 is 5.92 Å². The van der Waals surface area contributed by atoms with Crippen LogP contribution in [-0.4, -0.2) is 17.6 Å². The van der Waals surface area contributed by atoms with Gasteiger partial charge in [0.1, 0.15) is 0 Å². The highest BCUT2D eigenvalue weighted by Crippen LogP contribution is 2.23. The molecule has 0 atom stereocenters. The van der Waals surface area contributed by atoms with Gasteiger partial charge in [0.15, 0.2) is 0 Å². The van der Waals surface area contributed by atoms with E-state index in [0.29, 0.717) is 6.42 Å². The highest BCUT2D eigenvalue weighted by Gasteiger charge is 2.21. The van der Waals surface area contributed by atoms with Crippen molar-refractivity contribution in [1.82, 2.24) is 0 Å². The van der Waals surface area contributed by atoms with Crippen LogP contribution >= 0.6 is 0 Å². The Bertz CT molecular complexity index is 186. The molecule has 3 heteroatoms. The molecule has 1 nitrogen and oxygen atoms in total. The Hall–Kier alpha value is -0.440. The molecule has 0 fully saturated rings. The van der Waals surface area contributed by atoms with Crippen molar-refractivity contribution in [3.05, 3.63) is 12.2 Å². The first-order chi connectivity index (χ1) is 7.33. The van der Waals surface area contributed by atoms with Crippen molar-refractivity contribution in [2.24, 2.45) is 5.41 Å². The molecule has 0 radical (unpaired) electrons. The van der Waals surface area contributed by atoms with Crippen LogP contribution in [0.2, 0.25) is 0 Å². The minimum Gasteiger partial charge on any atom is -0.396 e. The van der Waals surface area contributed by atoms with Gasteiger partial charge in [-0.1, -0.05) is 40.7 Å². The van der Waals surface area contributed by atoms with Crippen molar-refractivity contribution < 1.29 is 13.9 Å². The fraction of sp³-hybridized carbons (Fsp3) is 0.846. The van der Waals surface area contributed by atoms with Gasteiger partial charge >= 0.3 is 0 Å². The first-order valence-electron chi connectivity index (χ1n) is 5.99. The normalized spacial score (nSPS) is 12.5. The molecule has 0 unspecified atom stereocenters. The number of aliphatic hydroxyl groups excluding tert-OH is 1. The number of hydrogen-bond donors (Lipinski definition) is 1. The zero-order chi connectivity index (χ0) is 13.2. The van der Waals surface area contributed by atoms with E-state index in [1.807, 2.05) is 27.7 Å². The lowest BCUT2D eigenvalue weighted by molar-refractivity contribution is 0.0507. The summed E-state index contributed by atoms with van der Waals surface area (Å²) in [5.74, 6) is -2.68. The van der Waals surface area contributed by atoms with Gasteiger partial charge in [-0.3, -0.25) is 0 Å². The molecule has 0 saturated heterocycles. The van der Waals surface area contributed by atoms with Gasteiger partial charge in [0, 0.05) is 13.0 Å². The Labute approximate surface area is 98.6 Å². The van der Waals surface area contributed by atoms with E-state index in [4.69, 9.17) is 5.11 Å². The number of alkyl halides is 2. The van der Waals surface area contributed by atoms with Crippen LogP contribution in [0.5, 0.6) is 0 Å². The summed E-state index contributed by atoms with van der Waals surface area (Å²) in [5, 5.41) is 8.93. The van der Waals surface area contributed by atoms with Crippen molar-refractivity contribution >= 4 is 0 Å². The van der Waals surface area contributed by atoms with Gasteiger partial charge in [-0.05, 0) is 24.3 Å². The summed E-state index contributed by atoms with van der Waals surface area (Å²) in [4.78, 5) is 0. The smallest absolute Gasteiger partial charge is 0.266 e. The van der Waals surface area contributed by atoms with E-state index in [1.165, 1.54) is 13.0 Å². The molecule has 1 N–H and O–H groups in total. The van der Waals surface area contributed by atoms with Crippen LogP contribution in [-0.2, 0) is 0 Å². The summed E-state index contributed by atoms with van der Waals surface area (Å²) >= 11 is 0. The molecule has 0 aromatic heterocycles. The van der Waals surface area contributed by atoms with Crippen molar-refractivity contribution in [1.29, 1.82) is 0 Å². The number of hydrogen-bond acceptors (Lipinski definition) is 1. The highest BCUT2D eigenvalue weighted by molar-refractivity contribution is 4.94. The van der Waals surface area contributed by atoms with E-state index in [2.05, 4.69) is 0 Å². The van der Waals surface area contributed by atoms with Crippen LogP contribution in [0, 0.1) is 5.41 Å². The Balaban J connectivity index is 0. The maximum Gasteiger partial charge on any atom is 0.266 e. The molecule has 0 aliphatic rings. The molecule has 0 bridgehead atoms. The fourth-order valence-electron chi connectivity index (χ4n) is 0.927. The van der Waals surface area contributed by atoms with Crippen LogP contribution in [0.3, 0.4) is 0 Å². The van der Waals surface area contributed by atoms with Gasteiger partial charge in [-0.2, -0.15) is 0 Å². The largest absolute Gasteiger partial charge is 0.396 e. The molecule has 0 heterocycles. The monoisotopic (exact) mass is 236 g/mol. The summed E-state index contributed by atoms with van der Waals surface area (Å²) in [6, 6.07) is 0. The maximum atomic E-state index is 12.7. The van der Waals surface area contributed by atoms with E-state index in [1.54, 1.807) is 0 Å². The average molecular weight is 236 g/mol. The second-order valence-corrected chi connectivity index (χ2v) is 4.38. The number of allylic oxidation sites excluding steroid dienone is 2. The minimum atomic E-state index is -2.68. The minimum absolute atomic E-state index is 0.0883. The molecule has 16 heavy (non-hydrogen) atoms. The Morgan fingerprint density at radius 2 is 1.69 bits per heavy atom. The van der Waals surface area contributed by atoms with E-state index in [9.17, 15) is 8.78 Å². The fourth-order valence-corrected chi connectivity index (χ4v) is 0.927. The zero-order valence-electron chi connectivity index (χ0n) is 11.2. The van der Waals surface area contributed by atoms with Crippen molar-refractivity contribution in [3.8, 4) is 0 Å². The molecule has 0 aliphatic carbocycles. The predicted molar refractivity (Wildman–Crippen MR) is 65.8 cm³/mol. The molecule has 0 aromatic carbocycles. The highest BCUT2D eigenvalue weighted by atomic mass is 19.3. The summed E-state index contributed by atoms with van der Waals surface area (Å²) in [6.07, 6.45) is 3.61. The molecule has 0 rings (SSSR count). The van der Waals surface area contributed by atoms with Crippen LogP contribution in [0.15, 0.2) is 12.2 Å². The summed E-state index contributed by atoms with van der Waals surface area (Å²) in [7, 11) is 0. The molecule has 0 spiro atoms. The molecule has 0 saturated carbocycles. The molecule has 0 aliphatic heterocycles. The van der Waals surface area contributed by atoms with Crippen LogP contribution in [0.25, 0.3) is 0 Å². The molecule has 98 valence electrons. The second kappa shape index (κ2) is 8.68. The van der Waals surface area contributed by atoms with Gasteiger partial charge in [-0.25, -0.2) is 8.78 Å². The third kappa shape index (κ3) is 10.1. The lowest BCUT2D eigenvalue weighted by atomic mass is 9.89. The number of rotatable bonds is 6. The summed E-state index contributed by atoms with van der Waals surface area (Å²) < 4.78 is 25.4. The van der Waals surface area contributed by atoms with Gasteiger partial charge in [0.05, 0.1) is 0 Å². The standard InChI is InChI=1S/C11H20F2O.C2H6/c1-4-11(12,13)8-6-5-7-10(2,3)9-14;1-2/h6,8,14H,4-5,7,9H2,1-3H3;1-2H3/b8-6+;. The second-order valence-electron chi connectivity index (χ2n) is 4.38. The average Bonchev–Trinajstić information content (AvgIpc) is 2.27. The number of aliphatic hydroxyl groups is 1.